The summed E-state index contributed by atoms with van der Waals surface area (Å²) in [6, 6.07) is 7.84. The first kappa shape index (κ1) is 17.8. The van der Waals surface area contributed by atoms with Gasteiger partial charge in [0.25, 0.3) is 5.91 Å². The number of rotatable bonds is 3. The van der Waals surface area contributed by atoms with Gasteiger partial charge in [-0.25, -0.2) is 0 Å². The van der Waals surface area contributed by atoms with Crippen LogP contribution >= 0.6 is 0 Å². The van der Waals surface area contributed by atoms with Crippen molar-refractivity contribution >= 4 is 17.6 Å². The number of hydrogen-bond acceptors (Lipinski definition) is 4. The van der Waals surface area contributed by atoms with Gasteiger partial charge in [0.1, 0.15) is 5.76 Å². The van der Waals surface area contributed by atoms with E-state index >= 15 is 0 Å². The second kappa shape index (κ2) is 7.55. The van der Waals surface area contributed by atoms with E-state index in [1.54, 1.807) is 13.0 Å². The van der Waals surface area contributed by atoms with Crippen LogP contribution in [-0.2, 0) is 17.6 Å². The Morgan fingerprint density at radius 3 is 2.56 bits per heavy atom. The maximum atomic E-state index is 12.9. The molecule has 2 amide bonds. The highest BCUT2D eigenvalue weighted by atomic mass is 16.5. The largest absolute Gasteiger partial charge is 0.360 e. The van der Waals surface area contributed by atoms with Gasteiger partial charge in [0, 0.05) is 30.6 Å². The first-order valence-electron chi connectivity index (χ1n) is 9.75. The number of fused-ring (bicyclic) bond motifs is 1. The Morgan fingerprint density at radius 1 is 1.11 bits per heavy atom. The minimum Gasteiger partial charge on any atom is -0.360 e. The molecule has 1 aliphatic carbocycles. The first-order valence-corrected chi connectivity index (χ1v) is 9.75. The van der Waals surface area contributed by atoms with Gasteiger partial charge in [-0.15, -0.1) is 0 Å². The van der Waals surface area contributed by atoms with Crippen LogP contribution in [0.3, 0.4) is 0 Å². The maximum Gasteiger partial charge on any atom is 0.253 e. The van der Waals surface area contributed by atoms with Crippen LogP contribution in [0.25, 0.3) is 0 Å². The zero-order chi connectivity index (χ0) is 18.8. The molecule has 4 rings (SSSR count). The molecule has 0 radical (unpaired) electrons. The number of carbonyl (C=O) groups is 2. The van der Waals surface area contributed by atoms with E-state index in [0.29, 0.717) is 37.5 Å². The van der Waals surface area contributed by atoms with E-state index in [1.807, 2.05) is 11.0 Å². The van der Waals surface area contributed by atoms with Crippen LogP contribution in [0.15, 0.2) is 28.8 Å². The molecule has 1 aromatic heterocycles. The number of piperidine rings is 1. The van der Waals surface area contributed by atoms with Gasteiger partial charge in [-0.1, -0.05) is 11.2 Å². The highest BCUT2D eigenvalue weighted by molar-refractivity contribution is 5.95. The molecule has 0 saturated carbocycles. The second-order valence-electron chi connectivity index (χ2n) is 7.57. The quantitative estimate of drug-likeness (QED) is 0.903. The zero-order valence-corrected chi connectivity index (χ0v) is 15.7. The lowest BCUT2D eigenvalue weighted by Crippen LogP contribution is -2.41. The molecule has 1 N–H and O–H groups in total. The molecule has 2 aromatic rings. The van der Waals surface area contributed by atoms with Gasteiger partial charge >= 0.3 is 0 Å². The Hall–Kier alpha value is -2.63. The summed E-state index contributed by atoms with van der Waals surface area (Å²) in [5.74, 6) is 1.04. The number of carbonyl (C=O) groups excluding carboxylic acids is 2. The van der Waals surface area contributed by atoms with Crippen molar-refractivity contribution in [3.05, 3.63) is 46.7 Å². The molecular weight excluding hydrogens is 342 g/mol. The third-order valence-electron chi connectivity index (χ3n) is 5.63. The molecule has 1 saturated heterocycles. The molecular formula is C21H25N3O3. The number of nitrogens with one attached hydrogen (secondary N) is 1. The summed E-state index contributed by atoms with van der Waals surface area (Å²) >= 11 is 0. The van der Waals surface area contributed by atoms with Crippen molar-refractivity contribution in [2.75, 3.05) is 18.4 Å². The number of benzene rings is 1. The molecule has 0 unspecified atom stereocenters. The van der Waals surface area contributed by atoms with E-state index in [4.69, 9.17) is 4.52 Å². The predicted octanol–water partition coefficient (Wildman–Crippen LogP) is 3.35. The Bertz CT molecular complexity index is 850. The fourth-order valence-corrected chi connectivity index (χ4v) is 4.05. The normalized spacial score (nSPS) is 17.4. The van der Waals surface area contributed by atoms with Crippen molar-refractivity contribution in [2.24, 2.45) is 5.92 Å². The van der Waals surface area contributed by atoms with Gasteiger partial charge in [-0.3, -0.25) is 9.59 Å². The van der Waals surface area contributed by atoms with Crippen LogP contribution in [0.4, 0.5) is 5.82 Å². The van der Waals surface area contributed by atoms with Gasteiger partial charge < -0.3 is 14.7 Å². The lowest BCUT2D eigenvalue weighted by molar-refractivity contribution is -0.121. The summed E-state index contributed by atoms with van der Waals surface area (Å²) < 4.78 is 4.97. The summed E-state index contributed by atoms with van der Waals surface area (Å²) in [6.07, 6.45) is 5.97. The summed E-state index contributed by atoms with van der Waals surface area (Å²) in [4.78, 5) is 27.1. The molecule has 142 valence electrons. The molecule has 1 aromatic carbocycles. The highest BCUT2D eigenvalue weighted by Crippen LogP contribution is 2.25. The minimum absolute atomic E-state index is 0.0517. The molecule has 2 aliphatic rings. The number of anilines is 1. The van der Waals surface area contributed by atoms with Crippen molar-refractivity contribution in [3.8, 4) is 0 Å². The van der Waals surface area contributed by atoms with E-state index in [9.17, 15) is 9.59 Å². The molecule has 1 fully saturated rings. The van der Waals surface area contributed by atoms with E-state index in [0.717, 1.165) is 18.4 Å². The van der Waals surface area contributed by atoms with Crippen molar-refractivity contribution in [1.82, 2.24) is 10.1 Å². The predicted molar refractivity (Wildman–Crippen MR) is 102 cm³/mol. The van der Waals surface area contributed by atoms with Gasteiger partial charge in [0.2, 0.25) is 5.91 Å². The molecule has 0 spiro atoms. The number of nitrogens with zero attached hydrogens (tertiary/aromatic N) is 2. The standard InChI is InChI=1S/C21H25N3O3/c1-14-12-19(23-27-14)22-20(25)16-8-10-24(11-9-16)21(26)18-7-6-15-4-2-3-5-17(15)13-18/h6-7,12-13,16H,2-5,8-11H2,1H3,(H,22,23,25). The summed E-state index contributed by atoms with van der Waals surface area (Å²) in [6.45, 7) is 2.99. The summed E-state index contributed by atoms with van der Waals surface area (Å²) in [5.41, 5.74) is 3.48. The topological polar surface area (TPSA) is 75.4 Å². The molecule has 0 bridgehead atoms. The van der Waals surface area contributed by atoms with E-state index < -0.39 is 0 Å². The number of amides is 2. The molecule has 2 heterocycles. The monoisotopic (exact) mass is 367 g/mol. The van der Waals surface area contributed by atoms with Crippen molar-refractivity contribution in [1.29, 1.82) is 0 Å². The fourth-order valence-electron chi connectivity index (χ4n) is 4.05. The van der Waals surface area contributed by atoms with E-state index in [1.165, 1.54) is 24.0 Å². The van der Waals surface area contributed by atoms with Crippen LogP contribution < -0.4 is 5.32 Å². The van der Waals surface area contributed by atoms with E-state index in [2.05, 4.69) is 22.6 Å². The number of aromatic nitrogens is 1. The first-order chi connectivity index (χ1) is 13.1. The smallest absolute Gasteiger partial charge is 0.253 e. The SMILES string of the molecule is Cc1cc(NC(=O)C2CCN(C(=O)c3ccc4c(c3)CCCC4)CC2)no1. The highest BCUT2D eigenvalue weighted by Gasteiger charge is 2.28. The molecule has 1 aliphatic heterocycles. The maximum absolute atomic E-state index is 12.9. The van der Waals surface area contributed by atoms with Crippen LogP contribution in [0, 0.1) is 12.8 Å². The van der Waals surface area contributed by atoms with Crippen molar-refractivity contribution in [2.45, 2.75) is 45.4 Å². The van der Waals surface area contributed by atoms with Crippen molar-refractivity contribution < 1.29 is 14.1 Å². The zero-order valence-electron chi connectivity index (χ0n) is 15.7. The average Bonchev–Trinajstić information content (AvgIpc) is 3.11. The van der Waals surface area contributed by atoms with Crippen LogP contribution in [0.5, 0.6) is 0 Å². The van der Waals surface area contributed by atoms with E-state index in [-0.39, 0.29) is 17.7 Å². The van der Waals surface area contributed by atoms with Crippen LogP contribution in [-0.4, -0.2) is 35.0 Å². The summed E-state index contributed by atoms with van der Waals surface area (Å²) in [5, 5.41) is 6.59. The lowest BCUT2D eigenvalue weighted by atomic mass is 9.90. The third-order valence-corrected chi connectivity index (χ3v) is 5.63. The van der Waals surface area contributed by atoms with Crippen molar-refractivity contribution in [3.63, 3.8) is 0 Å². The molecule has 6 nitrogen and oxygen atoms in total. The van der Waals surface area contributed by atoms with Crippen LogP contribution in [0.2, 0.25) is 0 Å². The average molecular weight is 367 g/mol. The fraction of sp³-hybridized carbons (Fsp3) is 0.476. The molecule has 27 heavy (non-hydrogen) atoms. The molecule has 6 heteroatoms. The van der Waals surface area contributed by atoms with Gasteiger partial charge in [-0.05, 0) is 68.7 Å². The molecule has 0 atom stereocenters. The Labute approximate surface area is 158 Å². The van der Waals surface area contributed by atoms with Gasteiger partial charge in [0.05, 0.1) is 0 Å². The van der Waals surface area contributed by atoms with Gasteiger partial charge in [-0.2, -0.15) is 0 Å². The Balaban J connectivity index is 1.34. The number of likely N-dealkylation sites (tertiary alicyclic amines) is 1. The number of hydrogen-bond donors (Lipinski definition) is 1. The Morgan fingerprint density at radius 2 is 1.85 bits per heavy atom. The second-order valence-corrected chi connectivity index (χ2v) is 7.57. The Kier molecular flexibility index (Phi) is 4.97. The minimum atomic E-state index is -0.102. The summed E-state index contributed by atoms with van der Waals surface area (Å²) in [7, 11) is 0. The third kappa shape index (κ3) is 3.89. The number of aryl methyl sites for hydroxylation is 3. The van der Waals surface area contributed by atoms with Gasteiger partial charge in [0.15, 0.2) is 5.82 Å². The lowest BCUT2D eigenvalue weighted by Gasteiger charge is -2.31. The van der Waals surface area contributed by atoms with Crippen LogP contribution in [0.1, 0.15) is 52.9 Å².